The lowest BCUT2D eigenvalue weighted by atomic mass is 10.0. The van der Waals surface area contributed by atoms with E-state index >= 15 is 0 Å². The average molecular weight is 309 g/mol. The van der Waals surface area contributed by atoms with Crippen molar-refractivity contribution in [3.8, 4) is 11.1 Å². The standard InChI is InChI=1S/C20H23NO2/c1-20(2,3)23-19(22)21-18-13-17(18)16-11-9-15(10-12-16)14-7-5-4-6-8-14/h4-12,17-18H,13H2,1-3H3,(H,21,22)/t17-,18+/m1/s1. The van der Waals surface area contributed by atoms with Crippen LogP contribution in [-0.4, -0.2) is 17.7 Å². The normalized spacial score (nSPS) is 20.0. The molecule has 0 spiro atoms. The minimum absolute atomic E-state index is 0.187. The molecule has 120 valence electrons. The van der Waals surface area contributed by atoms with Crippen LogP contribution in [0.2, 0.25) is 0 Å². The highest BCUT2D eigenvalue weighted by molar-refractivity contribution is 5.69. The van der Waals surface area contributed by atoms with E-state index < -0.39 is 5.60 Å². The first-order valence-electron chi connectivity index (χ1n) is 8.07. The number of amides is 1. The highest BCUT2D eigenvalue weighted by Crippen LogP contribution is 2.41. The number of nitrogens with one attached hydrogen (secondary N) is 1. The minimum Gasteiger partial charge on any atom is -0.444 e. The Bertz CT molecular complexity index is 671. The molecule has 3 heteroatoms. The Morgan fingerprint density at radius 3 is 2.22 bits per heavy atom. The highest BCUT2D eigenvalue weighted by Gasteiger charge is 2.40. The molecule has 0 saturated heterocycles. The molecule has 2 atom stereocenters. The smallest absolute Gasteiger partial charge is 0.407 e. The third-order valence-electron chi connectivity index (χ3n) is 3.94. The molecule has 0 aromatic heterocycles. The number of carbonyl (C=O) groups excluding carboxylic acids is 1. The maximum atomic E-state index is 11.8. The highest BCUT2D eigenvalue weighted by atomic mass is 16.6. The van der Waals surface area contributed by atoms with Crippen LogP contribution >= 0.6 is 0 Å². The first kappa shape index (κ1) is 15.6. The van der Waals surface area contributed by atoms with Gasteiger partial charge in [-0.15, -0.1) is 0 Å². The zero-order valence-corrected chi connectivity index (χ0v) is 13.9. The third-order valence-corrected chi connectivity index (χ3v) is 3.94. The summed E-state index contributed by atoms with van der Waals surface area (Å²) in [4.78, 5) is 11.8. The second kappa shape index (κ2) is 6.07. The van der Waals surface area contributed by atoms with Crippen molar-refractivity contribution in [3.05, 3.63) is 60.2 Å². The first-order chi connectivity index (χ1) is 10.9. The molecule has 23 heavy (non-hydrogen) atoms. The molecular weight excluding hydrogens is 286 g/mol. The number of hydrogen-bond acceptors (Lipinski definition) is 2. The van der Waals surface area contributed by atoms with Crippen LogP contribution in [0.5, 0.6) is 0 Å². The lowest BCUT2D eigenvalue weighted by Crippen LogP contribution is -2.34. The van der Waals surface area contributed by atoms with E-state index in [0.29, 0.717) is 5.92 Å². The predicted octanol–water partition coefficient (Wildman–Crippen LogP) is 4.73. The van der Waals surface area contributed by atoms with E-state index in [1.807, 2.05) is 39.0 Å². The van der Waals surface area contributed by atoms with Crippen LogP contribution < -0.4 is 5.32 Å². The molecule has 0 unspecified atom stereocenters. The van der Waals surface area contributed by atoms with Gasteiger partial charge in [0.15, 0.2) is 0 Å². The van der Waals surface area contributed by atoms with Crippen molar-refractivity contribution in [2.24, 2.45) is 0 Å². The lowest BCUT2D eigenvalue weighted by molar-refractivity contribution is 0.0523. The molecule has 1 fully saturated rings. The summed E-state index contributed by atoms with van der Waals surface area (Å²) in [6.07, 6.45) is 0.648. The predicted molar refractivity (Wildman–Crippen MR) is 92.4 cm³/mol. The van der Waals surface area contributed by atoms with Crippen molar-refractivity contribution < 1.29 is 9.53 Å². The summed E-state index contributed by atoms with van der Waals surface area (Å²) in [7, 11) is 0. The quantitative estimate of drug-likeness (QED) is 0.889. The second-order valence-corrected chi connectivity index (χ2v) is 7.08. The number of rotatable bonds is 3. The summed E-state index contributed by atoms with van der Waals surface area (Å²) in [6.45, 7) is 5.62. The number of carbonyl (C=O) groups is 1. The van der Waals surface area contributed by atoms with Crippen molar-refractivity contribution in [3.63, 3.8) is 0 Å². The summed E-state index contributed by atoms with van der Waals surface area (Å²) >= 11 is 0. The molecule has 1 N–H and O–H groups in total. The van der Waals surface area contributed by atoms with E-state index in [-0.39, 0.29) is 12.1 Å². The maximum Gasteiger partial charge on any atom is 0.407 e. The van der Waals surface area contributed by atoms with Gasteiger partial charge in [0.1, 0.15) is 5.60 Å². The van der Waals surface area contributed by atoms with Crippen LogP contribution in [0.25, 0.3) is 11.1 Å². The van der Waals surface area contributed by atoms with Crippen LogP contribution in [0.15, 0.2) is 54.6 Å². The maximum absolute atomic E-state index is 11.8. The third kappa shape index (κ3) is 4.13. The van der Waals surface area contributed by atoms with Gasteiger partial charge in [0.25, 0.3) is 0 Å². The number of alkyl carbamates (subject to hydrolysis) is 1. The first-order valence-corrected chi connectivity index (χ1v) is 8.07. The van der Waals surface area contributed by atoms with Gasteiger partial charge in [-0.25, -0.2) is 4.79 Å². The van der Waals surface area contributed by atoms with Gasteiger partial charge >= 0.3 is 6.09 Å². The zero-order valence-electron chi connectivity index (χ0n) is 13.9. The summed E-state index contributed by atoms with van der Waals surface area (Å²) < 4.78 is 5.30. The Morgan fingerprint density at radius 1 is 1.00 bits per heavy atom. The zero-order chi connectivity index (χ0) is 16.4. The van der Waals surface area contributed by atoms with Gasteiger partial charge in [0, 0.05) is 12.0 Å². The summed E-state index contributed by atoms with van der Waals surface area (Å²) in [5.74, 6) is 0.396. The molecule has 1 saturated carbocycles. The summed E-state index contributed by atoms with van der Waals surface area (Å²) in [6, 6.07) is 19.1. The molecule has 0 heterocycles. The number of hydrogen-bond donors (Lipinski definition) is 1. The van der Waals surface area contributed by atoms with Crippen LogP contribution in [-0.2, 0) is 4.74 Å². The summed E-state index contributed by atoms with van der Waals surface area (Å²) in [5.41, 5.74) is 3.25. The molecule has 2 aromatic carbocycles. The fraction of sp³-hybridized carbons (Fsp3) is 0.350. The fourth-order valence-corrected chi connectivity index (χ4v) is 2.74. The van der Waals surface area contributed by atoms with Gasteiger partial charge in [-0.05, 0) is 43.9 Å². The molecular formula is C20H23NO2. The molecule has 2 aromatic rings. The van der Waals surface area contributed by atoms with E-state index in [1.165, 1.54) is 16.7 Å². The van der Waals surface area contributed by atoms with Crippen molar-refractivity contribution >= 4 is 6.09 Å². The van der Waals surface area contributed by atoms with Crippen LogP contribution in [0.4, 0.5) is 4.79 Å². The van der Waals surface area contributed by atoms with Crippen molar-refractivity contribution in [1.82, 2.24) is 5.32 Å². The van der Waals surface area contributed by atoms with E-state index in [1.54, 1.807) is 0 Å². The molecule has 0 radical (unpaired) electrons. The van der Waals surface area contributed by atoms with Gasteiger partial charge in [-0.3, -0.25) is 0 Å². The van der Waals surface area contributed by atoms with Gasteiger partial charge in [0.05, 0.1) is 0 Å². The second-order valence-electron chi connectivity index (χ2n) is 7.08. The monoisotopic (exact) mass is 309 g/mol. The molecule has 0 aliphatic heterocycles. The Hall–Kier alpha value is -2.29. The number of ether oxygens (including phenoxy) is 1. The van der Waals surface area contributed by atoms with Crippen LogP contribution in [0, 0.1) is 0 Å². The van der Waals surface area contributed by atoms with Crippen molar-refractivity contribution in [2.45, 2.75) is 44.8 Å². The fourth-order valence-electron chi connectivity index (χ4n) is 2.74. The van der Waals surface area contributed by atoms with Crippen molar-refractivity contribution in [2.75, 3.05) is 0 Å². The lowest BCUT2D eigenvalue weighted by Gasteiger charge is -2.19. The van der Waals surface area contributed by atoms with E-state index in [0.717, 1.165) is 6.42 Å². The molecule has 1 amide bonds. The SMILES string of the molecule is CC(C)(C)OC(=O)N[C@H]1C[C@@H]1c1ccc(-c2ccccc2)cc1. The Morgan fingerprint density at radius 2 is 1.61 bits per heavy atom. The van der Waals surface area contributed by atoms with Crippen molar-refractivity contribution in [1.29, 1.82) is 0 Å². The largest absolute Gasteiger partial charge is 0.444 e. The Kier molecular flexibility index (Phi) is 4.12. The topological polar surface area (TPSA) is 38.3 Å². The van der Waals surface area contributed by atoms with E-state index in [4.69, 9.17) is 4.74 Å². The van der Waals surface area contributed by atoms with E-state index in [2.05, 4.69) is 41.7 Å². The molecule has 1 aliphatic rings. The van der Waals surface area contributed by atoms with E-state index in [9.17, 15) is 4.79 Å². The van der Waals surface area contributed by atoms with Gasteiger partial charge in [-0.2, -0.15) is 0 Å². The van der Waals surface area contributed by atoms with Crippen LogP contribution in [0.1, 0.15) is 38.7 Å². The molecule has 1 aliphatic carbocycles. The molecule has 3 rings (SSSR count). The minimum atomic E-state index is -0.453. The van der Waals surface area contributed by atoms with Gasteiger partial charge < -0.3 is 10.1 Å². The average Bonchev–Trinajstić information content (AvgIpc) is 3.25. The molecule has 3 nitrogen and oxygen atoms in total. The van der Waals surface area contributed by atoms with Gasteiger partial charge in [0.2, 0.25) is 0 Å². The molecule has 0 bridgehead atoms. The van der Waals surface area contributed by atoms with Gasteiger partial charge in [-0.1, -0.05) is 54.6 Å². The Labute approximate surface area is 137 Å². The Balaban J connectivity index is 1.59. The number of benzene rings is 2. The van der Waals surface area contributed by atoms with Crippen LogP contribution in [0.3, 0.4) is 0 Å². The summed E-state index contributed by atoms with van der Waals surface area (Å²) in [5, 5.41) is 2.94.